The molecule has 0 bridgehead atoms. The molecule has 1 aliphatic rings. The van der Waals surface area contributed by atoms with Crippen molar-refractivity contribution in [1.82, 2.24) is 4.90 Å². The Morgan fingerprint density at radius 3 is 2.36 bits per heavy atom. The van der Waals surface area contributed by atoms with E-state index in [0.717, 1.165) is 24.1 Å². The average Bonchev–Trinajstić information content (AvgIpc) is 2.48. The third-order valence-electron chi connectivity index (χ3n) is 3.61. The summed E-state index contributed by atoms with van der Waals surface area (Å²) in [5.41, 5.74) is 1.51. The van der Waals surface area contributed by atoms with E-state index in [4.69, 9.17) is 4.84 Å². The van der Waals surface area contributed by atoms with Gasteiger partial charge in [-0.05, 0) is 17.7 Å². The second-order valence-electron chi connectivity index (χ2n) is 6.60. The molecule has 0 unspecified atom stereocenters. The zero-order valence-electron chi connectivity index (χ0n) is 13.4. The molecule has 4 nitrogen and oxygen atoms in total. The van der Waals surface area contributed by atoms with E-state index in [-0.39, 0.29) is 17.1 Å². The van der Waals surface area contributed by atoms with Crippen LogP contribution in [-0.2, 0) is 16.2 Å². The van der Waals surface area contributed by atoms with Gasteiger partial charge in [-0.3, -0.25) is 4.79 Å². The number of carbonyl (C=O) groups excluding carboxylic acids is 1. The molecule has 1 heterocycles. The first-order valence-electron chi connectivity index (χ1n) is 7.58. The van der Waals surface area contributed by atoms with Crippen LogP contribution in [0.1, 0.15) is 39.2 Å². The van der Waals surface area contributed by atoms with Crippen molar-refractivity contribution >= 4 is 11.6 Å². The molecule has 1 amide bonds. The molecule has 120 valence electrons. The molecule has 0 spiro atoms. The van der Waals surface area contributed by atoms with Crippen LogP contribution in [0.2, 0.25) is 0 Å². The van der Waals surface area contributed by atoms with Crippen molar-refractivity contribution in [2.45, 2.75) is 40.2 Å². The number of oxime groups is 1. The number of hydrogen-bond acceptors (Lipinski definition) is 3. The highest BCUT2D eigenvalue weighted by molar-refractivity contribution is 5.88. The van der Waals surface area contributed by atoms with Gasteiger partial charge >= 0.3 is 0 Å². The molecule has 22 heavy (non-hydrogen) atoms. The number of carbonyl (C=O) groups is 1. The molecule has 1 aromatic rings. The molecule has 1 saturated heterocycles. The van der Waals surface area contributed by atoms with Gasteiger partial charge in [0.1, 0.15) is 12.4 Å². The number of nitrogens with zero attached hydrogens (tertiary/aromatic N) is 2. The Balaban J connectivity index is 1.79. The van der Waals surface area contributed by atoms with Crippen molar-refractivity contribution in [3.05, 3.63) is 35.6 Å². The number of rotatable bonds is 3. The number of benzene rings is 1. The second kappa shape index (κ2) is 6.90. The summed E-state index contributed by atoms with van der Waals surface area (Å²) in [4.78, 5) is 19.4. The van der Waals surface area contributed by atoms with Gasteiger partial charge in [0, 0.05) is 31.3 Å². The third kappa shape index (κ3) is 4.55. The van der Waals surface area contributed by atoms with Crippen LogP contribution in [0.4, 0.5) is 4.39 Å². The minimum absolute atomic E-state index is 0.179. The van der Waals surface area contributed by atoms with Crippen LogP contribution in [0.15, 0.2) is 29.4 Å². The van der Waals surface area contributed by atoms with Crippen molar-refractivity contribution in [1.29, 1.82) is 0 Å². The number of amides is 1. The molecule has 5 heteroatoms. The quantitative estimate of drug-likeness (QED) is 0.804. The van der Waals surface area contributed by atoms with E-state index in [0.29, 0.717) is 19.7 Å². The van der Waals surface area contributed by atoms with Crippen LogP contribution in [0.3, 0.4) is 0 Å². The molecule has 0 saturated carbocycles. The molecule has 0 atom stereocenters. The first-order valence-corrected chi connectivity index (χ1v) is 7.58. The minimum atomic E-state index is -0.340. The summed E-state index contributed by atoms with van der Waals surface area (Å²) >= 11 is 0. The lowest BCUT2D eigenvalue weighted by atomic mass is 9.93. The summed E-state index contributed by atoms with van der Waals surface area (Å²) in [6, 6.07) is 6.17. The average molecular weight is 306 g/mol. The smallest absolute Gasteiger partial charge is 0.227 e. The topological polar surface area (TPSA) is 41.9 Å². The summed E-state index contributed by atoms with van der Waals surface area (Å²) in [6.07, 6.45) is 1.48. The molecule has 1 aromatic carbocycles. The zero-order valence-corrected chi connectivity index (χ0v) is 13.4. The summed E-state index contributed by atoms with van der Waals surface area (Å²) in [6.45, 7) is 7.51. The minimum Gasteiger partial charge on any atom is -0.391 e. The molecule has 0 aromatic heterocycles. The maximum absolute atomic E-state index is 12.8. The molecule has 0 N–H and O–H groups in total. The molecule has 2 rings (SSSR count). The van der Waals surface area contributed by atoms with E-state index in [2.05, 4.69) is 5.16 Å². The fraction of sp³-hybridized carbons (Fsp3) is 0.529. The van der Waals surface area contributed by atoms with E-state index in [1.165, 1.54) is 12.1 Å². The first-order chi connectivity index (χ1) is 10.4. The second-order valence-corrected chi connectivity index (χ2v) is 6.60. The van der Waals surface area contributed by atoms with Gasteiger partial charge in [0.05, 0.1) is 5.71 Å². The maximum atomic E-state index is 12.8. The number of piperidine rings is 1. The number of halogens is 1. The Kier molecular flexibility index (Phi) is 5.16. The van der Waals surface area contributed by atoms with Crippen LogP contribution in [0.5, 0.6) is 0 Å². The molecule has 1 aliphatic heterocycles. The summed E-state index contributed by atoms with van der Waals surface area (Å²) in [5, 5.41) is 4.14. The monoisotopic (exact) mass is 306 g/mol. The van der Waals surface area contributed by atoms with Crippen LogP contribution in [-0.4, -0.2) is 29.6 Å². The van der Waals surface area contributed by atoms with Crippen LogP contribution < -0.4 is 0 Å². The lowest BCUT2D eigenvalue weighted by Crippen LogP contribution is -2.44. The van der Waals surface area contributed by atoms with E-state index < -0.39 is 0 Å². The maximum Gasteiger partial charge on any atom is 0.227 e. The van der Waals surface area contributed by atoms with Gasteiger partial charge in [-0.25, -0.2) is 4.39 Å². The molecule has 0 radical (unpaired) electrons. The molecular weight excluding hydrogens is 283 g/mol. The predicted octanol–water partition coefficient (Wildman–Crippen LogP) is 3.37. The van der Waals surface area contributed by atoms with Crippen molar-refractivity contribution < 1.29 is 14.0 Å². The summed E-state index contributed by atoms with van der Waals surface area (Å²) in [5.74, 6) is -0.0790. The van der Waals surface area contributed by atoms with Crippen molar-refractivity contribution in [2.24, 2.45) is 10.6 Å². The van der Waals surface area contributed by atoms with Gasteiger partial charge in [-0.1, -0.05) is 38.1 Å². The zero-order chi connectivity index (χ0) is 16.2. The number of likely N-dealkylation sites (tertiary alicyclic amines) is 1. The van der Waals surface area contributed by atoms with Gasteiger partial charge in [0.25, 0.3) is 0 Å². The van der Waals surface area contributed by atoms with Crippen LogP contribution in [0.25, 0.3) is 0 Å². The normalized spacial score (nSPS) is 15.6. The van der Waals surface area contributed by atoms with Crippen molar-refractivity contribution in [3.63, 3.8) is 0 Å². The van der Waals surface area contributed by atoms with Gasteiger partial charge < -0.3 is 9.74 Å². The van der Waals surface area contributed by atoms with Gasteiger partial charge in [0.2, 0.25) is 5.91 Å². The fourth-order valence-electron chi connectivity index (χ4n) is 2.31. The Hall–Kier alpha value is -1.91. The highest BCUT2D eigenvalue weighted by Crippen LogP contribution is 2.20. The molecular formula is C17H23FN2O2. The SMILES string of the molecule is CC(C)(C)C(=O)N1CCC(=NOCc2ccc(F)cc2)CC1. The Bertz CT molecular complexity index is 537. The standard InChI is InChI=1S/C17H23FN2O2/c1-17(2,3)16(21)20-10-8-15(9-11-20)19-22-12-13-4-6-14(18)7-5-13/h4-7H,8-12H2,1-3H3. The Morgan fingerprint density at radius 2 is 1.82 bits per heavy atom. The van der Waals surface area contributed by atoms with Crippen LogP contribution in [0, 0.1) is 11.2 Å². The van der Waals surface area contributed by atoms with E-state index in [1.807, 2.05) is 25.7 Å². The highest BCUT2D eigenvalue weighted by Gasteiger charge is 2.29. The largest absolute Gasteiger partial charge is 0.391 e. The highest BCUT2D eigenvalue weighted by atomic mass is 19.1. The predicted molar refractivity (Wildman–Crippen MR) is 83.9 cm³/mol. The van der Waals surface area contributed by atoms with Crippen LogP contribution >= 0.6 is 0 Å². The van der Waals surface area contributed by atoms with Crippen molar-refractivity contribution in [2.75, 3.05) is 13.1 Å². The molecule has 0 aliphatic carbocycles. The Morgan fingerprint density at radius 1 is 1.23 bits per heavy atom. The van der Waals surface area contributed by atoms with Gasteiger partial charge in [-0.2, -0.15) is 0 Å². The lowest BCUT2D eigenvalue weighted by Gasteiger charge is -2.32. The van der Waals surface area contributed by atoms with E-state index in [1.54, 1.807) is 12.1 Å². The van der Waals surface area contributed by atoms with E-state index >= 15 is 0 Å². The van der Waals surface area contributed by atoms with Gasteiger partial charge in [0.15, 0.2) is 0 Å². The lowest BCUT2D eigenvalue weighted by molar-refractivity contribution is -0.139. The summed E-state index contributed by atoms with van der Waals surface area (Å²) < 4.78 is 12.8. The first kappa shape index (κ1) is 16.5. The molecule has 1 fully saturated rings. The van der Waals surface area contributed by atoms with Crippen molar-refractivity contribution in [3.8, 4) is 0 Å². The number of hydrogen-bond donors (Lipinski definition) is 0. The Labute approximate surface area is 130 Å². The van der Waals surface area contributed by atoms with Gasteiger partial charge in [-0.15, -0.1) is 0 Å². The van der Waals surface area contributed by atoms with E-state index in [9.17, 15) is 9.18 Å². The fourth-order valence-corrected chi connectivity index (χ4v) is 2.31. The summed E-state index contributed by atoms with van der Waals surface area (Å²) in [7, 11) is 0. The third-order valence-corrected chi connectivity index (χ3v) is 3.61.